The van der Waals surface area contributed by atoms with Gasteiger partial charge in [-0.2, -0.15) is 0 Å². The van der Waals surface area contributed by atoms with Crippen LogP contribution >= 0.6 is 11.8 Å². The summed E-state index contributed by atoms with van der Waals surface area (Å²) in [6, 6.07) is -1.30. The summed E-state index contributed by atoms with van der Waals surface area (Å²) in [7, 11) is 0. The Hall–Kier alpha value is -1.80. The fourth-order valence-corrected chi connectivity index (χ4v) is 10.1. The summed E-state index contributed by atoms with van der Waals surface area (Å²) in [4.78, 5) is 46.6. The zero-order chi connectivity index (χ0) is 30.3. The maximum atomic E-state index is 14.9. The van der Waals surface area contributed by atoms with Gasteiger partial charge in [0.15, 0.2) is 0 Å². The van der Waals surface area contributed by atoms with Crippen molar-refractivity contribution >= 4 is 29.5 Å². The van der Waals surface area contributed by atoms with E-state index >= 15 is 0 Å². The molecule has 7 atom stereocenters. The number of esters is 1. The molecule has 3 fully saturated rings. The number of ether oxygens (including phenoxy) is 1. The van der Waals surface area contributed by atoms with E-state index in [1.165, 1.54) is 0 Å². The highest BCUT2D eigenvalue weighted by atomic mass is 32.2. The van der Waals surface area contributed by atoms with Crippen LogP contribution in [0.5, 0.6) is 0 Å². The van der Waals surface area contributed by atoms with Gasteiger partial charge in [-0.05, 0) is 57.8 Å². The third kappa shape index (κ3) is 5.64. The van der Waals surface area contributed by atoms with E-state index in [2.05, 4.69) is 47.8 Å². The van der Waals surface area contributed by atoms with Crippen LogP contribution in [0.25, 0.3) is 0 Å². The van der Waals surface area contributed by atoms with Crippen molar-refractivity contribution in [2.24, 2.45) is 23.2 Å². The Morgan fingerprint density at radius 2 is 1.88 bits per heavy atom. The van der Waals surface area contributed by atoms with Crippen LogP contribution < -0.4 is 0 Å². The Bertz CT molecular complexity index is 1010. The normalized spacial score (nSPS) is 31.1. The molecule has 7 nitrogen and oxygen atoms in total. The van der Waals surface area contributed by atoms with Gasteiger partial charge in [0.1, 0.15) is 6.04 Å². The molecular formula is C32H52N2O5S. The summed E-state index contributed by atoms with van der Waals surface area (Å²) in [5, 5.41) is 10.6. The molecule has 0 saturated carbocycles. The zero-order valence-corrected chi connectivity index (χ0v) is 26.8. The molecule has 3 saturated heterocycles. The number of hydrogen-bond donors (Lipinski definition) is 1. The number of aliphatic hydroxyl groups excluding tert-OH is 1. The molecule has 0 aromatic rings. The zero-order valence-electron chi connectivity index (χ0n) is 26.0. The Morgan fingerprint density at radius 3 is 2.40 bits per heavy atom. The van der Waals surface area contributed by atoms with Crippen LogP contribution in [-0.4, -0.2) is 79.6 Å². The Morgan fingerprint density at radius 1 is 1.23 bits per heavy atom. The number of likely N-dealkylation sites (tertiary alicyclic amines) is 1. The number of nitrogens with zero attached hydrogens (tertiary/aromatic N) is 2. The summed E-state index contributed by atoms with van der Waals surface area (Å²) in [6.45, 7) is 24.7. The molecule has 226 valence electrons. The minimum Gasteiger partial charge on any atom is -0.465 e. The third-order valence-electron chi connectivity index (χ3n) is 9.39. The summed E-state index contributed by atoms with van der Waals surface area (Å²) in [5.74, 6) is -2.03. The molecule has 3 rings (SSSR count). The van der Waals surface area contributed by atoms with Crippen molar-refractivity contribution in [3.8, 4) is 0 Å². The number of carbonyl (C=O) groups is 3. The van der Waals surface area contributed by atoms with Crippen molar-refractivity contribution in [2.75, 3.05) is 19.8 Å². The lowest BCUT2D eigenvalue weighted by Crippen LogP contribution is -2.62. The van der Waals surface area contributed by atoms with Gasteiger partial charge in [0.2, 0.25) is 11.8 Å². The summed E-state index contributed by atoms with van der Waals surface area (Å²) < 4.78 is 4.41. The van der Waals surface area contributed by atoms with E-state index in [0.717, 1.165) is 19.3 Å². The highest BCUT2D eigenvalue weighted by Gasteiger charge is 2.78. The minimum absolute atomic E-state index is 0.0225. The number of carbonyl (C=O) groups excluding carboxylic acids is 3. The fourth-order valence-electron chi connectivity index (χ4n) is 7.81. The van der Waals surface area contributed by atoms with Crippen molar-refractivity contribution in [1.29, 1.82) is 0 Å². The van der Waals surface area contributed by atoms with Crippen molar-refractivity contribution in [3.63, 3.8) is 0 Å². The number of rotatable bonds is 13. The molecule has 2 unspecified atom stereocenters. The topological polar surface area (TPSA) is 87.1 Å². The van der Waals surface area contributed by atoms with Crippen LogP contribution in [0.4, 0.5) is 0 Å². The molecule has 3 heterocycles. The molecule has 2 amide bonds. The SMILES string of the molecule is C=CCCOC(=O)[C@@H]1[C@H]2C(=O)N([C@@H](CO)[C@@H](C)CC)C(C(=O)N(CC=C)C(C)(C)CC(C)(C)C)C23CC[C@@]1(C)S3. The van der Waals surface area contributed by atoms with Gasteiger partial charge < -0.3 is 19.6 Å². The second kappa shape index (κ2) is 11.8. The fraction of sp³-hybridized carbons (Fsp3) is 0.781. The standard InChI is InChI=1S/C32H52N2O5S/c1-11-14-18-39-28(38)24-23-26(36)34(22(19-35)21(4)13-3)25(32(23)16-15-31(24,10)40-32)27(37)33(17-12-2)30(8,9)20-29(5,6)7/h11-12,21-25,35H,1-2,13-20H2,3-10H3/t21-,22-,23-,24-,25?,31+,32?/m0/s1. The molecule has 8 heteroatoms. The molecule has 0 aliphatic carbocycles. The van der Waals surface area contributed by atoms with E-state index in [-0.39, 0.29) is 42.3 Å². The largest absolute Gasteiger partial charge is 0.465 e. The van der Waals surface area contributed by atoms with Crippen molar-refractivity contribution in [3.05, 3.63) is 25.3 Å². The molecule has 0 aromatic carbocycles. The summed E-state index contributed by atoms with van der Waals surface area (Å²) >= 11 is 1.64. The molecule has 40 heavy (non-hydrogen) atoms. The Balaban J connectivity index is 2.17. The van der Waals surface area contributed by atoms with Crippen LogP contribution in [-0.2, 0) is 19.1 Å². The number of hydrogen-bond acceptors (Lipinski definition) is 6. The highest BCUT2D eigenvalue weighted by molar-refractivity contribution is 8.02. The van der Waals surface area contributed by atoms with E-state index in [1.54, 1.807) is 28.8 Å². The predicted molar refractivity (Wildman–Crippen MR) is 162 cm³/mol. The van der Waals surface area contributed by atoms with Crippen molar-refractivity contribution < 1.29 is 24.2 Å². The Kier molecular flexibility index (Phi) is 9.67. The molecule has 3 aliphatic heterocycles. The molecule has 1 N–H and O–H groups in total. The van der Waals surface area contributed by atoms with Gasteiger partial charge in [-0.25, -0.2) is 0 Å². The second-order valence-corrected chi connectivity index (χ2v) is 16.0. The van der Waals surface area contributed by atoms with E-state index < -0.39 is 39.0 Å². The molecule has 2 bridgehead atoms. The van der Waals surface area contributed by atoms with Gasteiger partial charge in [-0.1, -0.05) is 53.2 Å². The van der Waals surface area contributed by atoms with Gasteiger partial charge in [-0.15, -0.1) is 24.9 Å². The first-order chi connectivity index (χ1) is 18.5. The van der Waals surface area contributed by atoms with Crippen LogP contribution in [0, 0.1) is 23.2 Å². The van der Waals surface area contributed by atoms with E-state index in [4.69, 9.17) is 4.74 Å². The number of fused-ring (bicyclic) bond motifs is 1. The lowest BCUT2D eigenvalue weighted by molar-refractivity contribution is -0.156. The van der Waals surface area contributed by atoms with Gasteiger partial charge in [0.25, 0.3) is 0 Å². The van der Waals surface area contributed by atoms with E-state index in [9.17, 15) is 19.5 Å². The van der Waals surface area contributed by atoms with Gasteiger partial charge in [0.05, 0.1) is 35.8 Å². The molecule has 0 aromatic heterocycles. The molecular weight excluding hydrogens is 524 g/mol. The van der Waals surface area contributed by atoms with Crippen molar-refractivity contribution in [2.45, 2.75) is 115 Å². The number of amides is 2. The average molecular weight is 577 g/mol. The second-order valence-electron chi connectivity index (χ2n) is 14.1. The highest BCUT2D eigenvalue weighted by Crippen LogP contribution is 2.72. The molecule has 1 spiro atoms. The van der Waals surface area contributed by atoms with Crippen LogP contribution in [0.1, 0.15) is 87.5 Å². The van der Waals surface area contributed by atoms with E-state index in [0.29, 0.717) is 19.4 Å². The lowest BCUT2D eigenvalue weighted by atomic mass is 9.66. The predicted octanol–water partition coefficient (Wildman–Crippen LogP) is 5.22. The summed E-state index contributed by atoms with van der Waals surface area (Å²) in [5.41, 5.74) is -0.542. The number of thioether (sulfide) groups is 1. The lowest BCUT2D eigenvalue weighted by Gasteiger charge is -2.47. The van der Waals surface area contributed by atoms with Gasteiger partial charge in [0, 0.05) is 16.8 Å². The summed E-state index contributed by atoms with van der Waals surface area (Å²) in [6.07, 6.45) is 6.88. The van der Waals surface area contributed by atoms with Gasteiger partial charge in [-0.3, -0.25) is 14.4 Å². The van der Waals surface area contributed by atoms with Crippen LogP contribution in [0.3, 0.4) is 0 Å². The van der Waals surface area contributed by atoms with Crippen LogP contribution in [0.15, 0.2) is 25.3 Å². The monoisotopic (exact) mass is 576 g/mol. The maximum absolute atomic E-state index is 14.9. The first kappa shape index (κ1) is 32.7. The number of aliphatic hydroxyl groups is 1. The smallest absolute Gasteiger partial charge is 0.311 e. The molecule has 0 radical (unpaired) electrons. The third-order valence-corrected chi connectivity index (χ3v) is 11.4. The van der Waals surface area contributed by atoms with E-state index in [1.807, 2.05) is 25.7 Å². The van der Waals surface area contributed by atoms with Crippen LogP contribution in [0.2, 0.25) is 0 Å². The van der Waals surface area contributed by atoms with Crippen molar-refractivity contribution in [1.82, 2.24) is 9.80 Å². The quantitative estimate of drug-likeness (QED) is 0.184. The first-order valence-electron chi connectivity index (χ1n) is 14.9. The maximum Gasteiger partial charge on any atom is 0.311 e. The first-order valence-corrected chi connectivity index (χ1v) is 15.7. The minimum atomic E-state index is -0.784. The average Bonchev–Trinajstić information content (AvgIpc) is 3.42. The molecule has 3 aliphatic rings. The van der Waals surface area contributed by atoms with Gasteiger partial charge >= 0.3 is 5.97 Å². The Labute approximate surface area is 246 Å².